The molecular weight excluding hydrogens is 212 g/mol. The molecule has 0 aliphatic heterocycles. The molecule has 2 heterocycles. The molecule has 0 N–H and O–H groups in total. The van der Waals surface area contributed by atoms with Gasteiger partial charge in [-0.2, -0.15) is 0 Å². The third-order valence-electron chi connectivity index (χ3n) is 2.57. The zero-order valence-corrected chi connectivity index (χ0v) is 9.08. The summed E-state index contributed by atoms with van der Waals surface area (Å²) >= 11 is 0. The molecule has 0 saturated heterocycles. The van der Waals surface area contributed by atoms with Crippen LogP contribution in [-0.4, -0.2) is 9.97 Å². The molecule has 0 spiro atoms. The Kier molecular flexibility index (Phi) is 2.43. The van der Waals surface area contributed by atoms with Gasteiger partial charge in [-0.05, 0) is 17.7 Å². The van der Waals surface area contributed by atoms with Crippen LogP contribution in [-0.2, 0) is 0 Å². The molecule has 0 aliphatic carbocycles. The van der Waals surface area contributed by atoms with E-state index in [0.29, 0.717) is 0 Å². The van der Waals surface area contributed by atoms with Gasteiger partial charge in [0.2, 0.25) is 0 Å². The number of oxazole rings is 1. The number of benzene rings is 1. The predicted molar refractivity (Wildman–Crippen MR) is 65.2 cm³/mol. The van der Waals surface area contributed by atoms with Gasteiger partial charge in [0.25, 0.3) is 0 Å². The second kappa shape index (κ2) is 4.22. The van der Waals surface area contributed by atoms with Crippen LogP contribution < -0.4 is 0 Å². The summed E-state index contributed by atoms with van der Waals surface area (Å²) in [6.45, 7) is 0. The van der Waals surface area contributed by atoms with Gasteiger partial charge in [0.05, 0.1) is 6.20 Å². The van der Waals surface area contributed by atoms with E-state index in [1.165, 1.54) is 6.39 Å². The third kappa shape index (κ3) is 1.95. The monoisotopic (exact) mass is 222 g/mol. The average molecular weight is 222 g/mol. The van der Waals surface area contributed by atoms with Gasteiger partial charge >= 0.3 is 0 Å². The van der Waals surface area contributed by atoms with Crippen LogP contribution in [0.3, 0.4) is 0 Å². The lowest BCUT2D eigenvalue weighted by atomic mass is 10.0. The molecule has 0 unspecified atom stereocenters. The fraction of sp³-hybridized carbons (Fsp3) is 0. The van der Waals surface area contributed by atoms with E-state index < -0.39 is 0 Å². The van der Waals surface area contributed by atoms with Crippen LogP contribution >= 0.6 is 0 Å². The molecule has 17 heavy (non-hydrogen) atoms. The number of hydrogen-bond donors (Lipinski definition) is 0. The number of rotatable bonds is 2. The summed E-state index contributed by atoms with van der Waals surface area (Å²) in [7, 11) is 0. The van der Waals surface area contributed by atoms with Crippen LogP contribution in [0.25, 0.3) is 22.5 Å². The molecule has 0 amide bonds. The third-order valence-corrected chi connectivity index (χ3v) is 2.57. The van der Waals surface area contributed by atoms with Gasteiger partial charge in [-0.15, -0.1) is 0 Å². The van der Waals surface area contributed by atoms with Crippen LogP contribution in [0.1, 0.15) is 0 Å². The highest BCUT2D eigenvalue weighted by molar-refractivity contribution is 5.69. The summed E-state index contributed by atoms with van der Waals surface area (Å²) in [6.07, 6.45) is 6.76. The minimum absolute atomic E-state index is 0.774. The first-order valence-corrected chi connectivity index (χ1v) is 5.33. The first kappa shape index (κ1) is 9.78. The largest absolute Gasteiger partial charge is 0.444 e. The lowest BCUT2D eigenvalue weighted by Crippen LogP contribution is -1.80. The van der Waals surface area contributed by atoms with E-state index >= 15 is 0 Å². The Morgan fingerprint density at radius 1 is 0.824 bits per heavy atom. The van der Waals surface area contributed by atoms with Crippen LogP contribution in [0.4, 0.5) is 0 Å². The molecule has 0 aliphatic rings. The normalized spacial score (nSPS) is 10.4. The molecular formula is C14H10N2O. The molecule has 3 heteroatoms. The summed E-state index contributed by atoms with van der Waals surface area (Å²) in [6, 6.07) is 12.1. The van der Waals surface area contributed by atoms with Gasteiger partial charge < -0.3 is 4.42 Å². The zero-order valence-electron chi connectivity index (χ0n) is 9.08. The maximum absolute atomic E-state index is 5.28. The first-order chi connectivity index (χ1) is 8.43. The number of nitrogens with zero attached hydrogens (tertiary/aromatic N) is 2. The van der Waals surface area contributed by atoms with Crippen molar-refractivity contribution in [1.82, 2.24) is 9.97 Å². The highest BCUT2D eigenvalue weighted by Crippen LogP contribution is 2.25. The second-order valence-corrected chi connectivity index (χ2v) is 3.69. The number of hydrogen-bond acceptors (Lipinski definition) is 3. The second-order valence-electron chi connectivity index (χ2n) is 3.69. The molecule has 3 aromatic rings. The van der Waals surface area contributed by atoms with Gasteiger partial charge in [-0.1, -0.05) is 24.3 Å². The minimum atomic E-state index is 0.774. The molecule has 3 rings (SSSR count). The molecule has 3 nitrogen and oxygen atoms in total. The van der Waals surface area contributed by atoms with Gasteiger partial charge in [-0.25, -0.2) is 4.98 Å². The SMILES string of the molecule is c1cncc(-c2cccc(-c3cnco3)c2)c1. The fourth-order valence-corrected chi connectivity index (χ4v) is 1.74. The van der Waals surface area contributed by atoms with E-state index in [2.05, 4.69) is 22.1 Å². The van der Waals surface area contributed by atoms with Crippen molar-refractivity contribution in [1.29, 1.82) is 0 Å². The fourth-order valence-electron chi connectivity index (χ4n) is 1.74. The van der Waals surface area contributed by atoms with E-state index in [0.717, 1.165) is 22.5 Å². The summed E-state index contributed by atoms with van der Waals surface area (Å²) in [5, 5.41) is 0. The van der Waals surface area contributed by atoms with Crippen molar-refractivity contribution >= 4 is 0 Å². The Morgan fingerprint density at radius 2 is 1.71 bits per heavy atom. The molecule has 0 fully saturated rings. The molecule has 2 aromatic heterocycles. The van der Waals surface area contributed by atoms with Crippen LogP contribution in [0.5, 0.6) is 0 Å². The van der Waals surface area contributed by atoms with Crippen LogP contribution in [0, 0.1) is 0 Å². The molecule has 0 bridgehead atoms. The Balaban J connectivity index is 2.06. The summed E-state index contributed by atoms with van der Waals surface area (Å²) < 4.78 is 5.28. The Hall–Kier alpha value is -2.42. The van der Waals surface area contributed by atoms with Crippen LogP contribution in [0.15, 0.2) is 65.8 Å². The summed E-state index contributed by atoms with van der Waals surface area (Å²) in [5.41, 5.74) is 3.23. The Morgan fingerprint density at radius 3 is 2.47 bits per heavy atom. The van der Waals surface area contributed by atoms with Crippen molar-refractivity contribution in [2.45, 2.75) is 0 Å². The van der Waals surface area contributed by atoms with E-state index in [4.69, 9.17) is 4.42 Å². The maximum Gasteiger partial charge on any atom is 0.181 e. The van der Waals surface area contributed by atoms with Crippen molar-refractivity contribution in [3.05, 3.63) is 61.4 Å². The Labute approximate surface area is 98.8 Å². The quantitative estimate of drug-likeness (QED) is 0.667. The molecule has 0 radical (unpaired) electrons. The van der Waals surface area contributed by atoms with E-state index in [1.54, 1.807) is 12.4 Å². The van der Waals surface area contributed by atoms with Crippen molar-refractivity contribution < 1.29 is 4.42 Å². The van der Waals surface area contributed by atoms with Crippen molar-refractivity contribution in [2.24, 2.45) is 0 Å². The smallest absolute Gasteiger partial charge is 0.181 e. The van der Waals surface area contributed by atoms with Gasteiger partial charge in [-0.3, -0.25) is 4.98 Å². The molecule has 0 atom stereocenters. The van der Waals surface area contributed by atoms with Gasteiger partial charge in [0.15, 0.2) is 12.2 Å². The topological polar surface area (TPSA) is 38.9 Å². The Bertz CT molecular complexity index is 603. The minimum Gasteiger partial charge on any atom is -0.444 e. The van der Waals surface area contributed by atoms with E-state index in [1.807, 2.05) is 30.5 Å². The van der Waals surface area contributed by atoms with Crippen LogP contribution in [0.2, 0.25) is 0 Å². The van der Waals surface area contributed by atoms with E-state index in [9.17, 15) is 0 Å². The number of aromatic nitrogens is 2. The first-order valence-electron chi connectivity index (χ1n) is 5.33. The van der Waals surface area contributed by atoms with Crippen molar-refractivity contribution in [3.8, 4) is 22.5 Å². The number of pyridine rings is 1. The highest BCUT2D eigenvalue weighted by atomic mass is 16.3. The highest BCUT2D eigenvalue weighted by Gasteiger charge is 2.03. The van der Waals surface area contributed by atoms with Crippen molar-refractivity contribution in [2.75, 3.05) is 0 Å². The zero-order chi connectivity index (χ0) is 11.5. The molecule has 0 saturated carbocycles. The van der Waals surface area contributed by atoms with Gasteiger partial charge in [0, 0.05) is 23.5 Å². The lowest BCUT2D eigenvalue weighted by Gasteiger charge is -2.02. The molecule has 82 valence electrons. The predicted octanol–water partition coefficient (Wildman–Crippen LogP) is 3.40. The lowest BCUT2D eigenvalue weighted by molar-refractivity contribution is 0.572. The maximum atomic E-state index is 5.28. The standard InChI is InChI=1S/C14H10N2O/c1-3-11(13-5-2-6-15-8-13)7-12(4-1)14-9-16-10-17-14/h1-10H. The summed E-state index contributed by atoms with van der Waals surface area (Å²) in [5.74, 6) is 0.774. The molecule has 1 aromatic carbocycles. The average Bonchev–Trinajstić information content (AvgIpc) is 2.94. The van der Waals surface area contributed by atoms with E-state index in [-0.39, 0.29) is 0 Å². The van der Waals surface area contributed by atoms with Gasteiger partial charge in [0.1, 0.15) is 0 Å². The summed E-state index contributed by atoms with van der Waals surface area (Å²) in [4.78, 5) is 8.04. The van der Waals surface area contributed by atoms with Crippen molar-refractivity contribution in [3.63, 3.8) is 0 Å².